The van der Waals surface area contributed by atoms with Gasteiger partial charge >= 0.3 is 5.97 Å². The summed E-state index contributed by atoms with van der Waals surface area (Å²) in [5.41, 5.74) is 2.76. The van der Waals surface area contributed by atoms with Crippen molar-refractivity contribution in [2.24, 2.45) is 0 Å². The largest absolute Gasteiger partial charge is 0.465 e. The van der Waals surface area contributed by atoms with Crippen LogP contribution in [-0.4, -0.2) is 67.9 Å². The van der Waals surface area contributed by atoms with Gasteiger partial charge in [-0.2, -0.15) is 5.10 Å². The second-order valence-corrected chi connectivity index (χ2v) is 9.74. The van der Waals surface area contributed by atoms with Crippen molar-refractivity contribution in [2.45, 2.75) is 39.5 Å². The van der Waals surface area contributed by atoms with Crippen molar-refractivity contribution in [3.63, 3.8) is 0 Å². The molecule has 1 aliphatic rings. The molecule has 0 atom stereocenters. The normalized spacial score (nSPS) is 13.9. The Kier molecular flexibility index (Phi) is 8.26. The molecule has 4 heterocycles. The molecule has 3 aromatic rings. The lowest BCUT2D eigenvalue weighted by atomic mass is 9.98. The lowest BCUT2D eigenvalue weighted by Crippen LogP contribution is -2.45. The number of rotatable bonds is 7. The highest BCUT2D eigenvalue weighted by Gasteiger charge is 2.25. The topological polar surface area (TPSA) is 114 Å². The van der Waals surface area contributed by atoms with Gasteiger partial charge in [0.15, 0.2) is 10.9 Å². The van der Waals surface area contributed by atoms with Crippen molar-refractivity contribution in [3.8, 4) is 5.82 Å². The molecule has 1 aliphatic heterocycles. The minimum Gasteiger partial charge on any atom is -0.465 e. The van der Waals surface area contributed by atoms with E-state index in [9.17, 15) is 9.59 Å². The van der Waals surface area contributed by atoms with Gasteiger partial charge in [-0.25, -0.2) is 14.6 Å². The standard InChI is InChI=1S/C24H29N7O3S2/c1-4-34-20(32)13-26-24(35)30-10-7-17(8-11-30)23-28-19(14-36-23)22(33)27-18-6-5-9-25-21(18)31-16(3)12-15(2)29-31/h5-6,9,12,14,17H,4,7-8,10-11,13H2,1-3H3,(H,26,35)(H,27,33). The molecule has 3 aromatic heterocycles. The summed E-state index contributed by atoms with van der Waals surface area (Å²) in [5.74, 6) is 0.211. The molecule has 0 saturated carbocycles. The van der Waals surface area contributed by atoms with E-state index in [1.807, 2.05) is 19.9 Å². The number of thiocarbonyl (C=S) groups is 1. The number of likely N-dealkylation sites (tertiary alicyclic amines) is 1. The highest BCUT2D eigenvalue weighted by atomic mass is 32.1. The molecule has 4 rings (SSSR count). The van der Waals surface area contributed by atoms with E-state index in [1.54, 1.807) is 35.3 Å². The molecule has 1 fully saturated rings. The summed E-state index contributed by atoms with van der Waals surface area (Å²) in [4.78, 5) is 35.7. The molecule has 1 amide bonds. The summed E-state index contributed by atoms with van der Waals surface area (Å²) < 4.78 is 6.64. The molecule has 0 aliphatic carbocycles. The quantitative estimate of drug-likeness (QED) is 0.353. The van der Waals surface area contributed by atoms with Crippen LogP contribution < -0.4 is 10.6 Å². The van der Waals surface area contributed by atoms with Crippen LogP contribution >= 0.6 is 23.6 Å². The number of aromatic nitrogens is 4. The summed E-state index contributed by atoms with van der Waals surface area (Å²) in [6, 6.07) is 5.54. The van der Waals surface area contributed by atoms with E-state index in [2.05, 4.69) is 30.6 Å². The molecule has 0 aromatic carbocycles. The summed E-state index contributed by atoms with van der Waals surface area (Å²) in [6.45, 7) is 7.55. The van der Waals surface area contributed by atoms with Gasteiger partial charge in [0.1, 0.15) is 12.2 Å². The van der Waals surface area contributed by atoms with Crippen LogP contribution in [0.1, 0.15) is 52.6 Å². The third-order valence-electron chi connectivity index (χ3n) is 5.82. The highest BCUT2D eigenvalue weighted by molar-refractivity contribution is 7.80. The van der Waals surface area contributed by atoms with Crippen LogP contribution in [0.5, 0.6) is 0 Å². The van der Waals surface area contributed by atoms with Crippen molar-refractivity contribution in [3.05, 3.63) is 51.9 Å². The number of piperidine rings is 1. The first-order chi connectivity index (χ1) is 17.4. The number of ether oxygens (including phenoxy) is 1. The van der Waals surface area contributed by atoms with E-state index in [1.165, 1.54) is 11.3 Å². The first-order valence-electron chi connectivity index (χ1n) is 11.8. The molecule has 0 unspecified atom stereocenters. The smallest absolute Gasteiger partial charge is 0.325 e. The van der Waals surface area contributed by atoms with Crippen LogP contribution in [0.15, 0.2) is 29.8 Å². The maximum atomic E-state index is 13.0. The van der Waals surface area contributed by atoms with Crippen LogP contribution in [0.4, 0.5) is 5.69 Å². The predicted molar refractivity (Wildman–Crippen MR) is 142 cm³/mol. The highest BCUT2D eigenvalue weighted by Crippen LogP contribution is 2.30. The van der Waals surface area contributed by atoms with Crippen molar-refractivity contribution in [1.82, 2.24) is 30.0 Å². The average molecular weight is 528 g/mol. The van der Waals surface area contributed by atoms with E-state index in [0.29, 0.717) is 28.9 Å². The van der Waals surface area contributed by atoms with Gasteiger partial charge in [-0.1, -0.05) is 0 Å². The third-order valence-corrected chi connectivity index (χ3v) is 7.23. The van der Waals surface area contributed by atoms with Gasteiger partial charge in [-0.05, 0) is 64.0 Å². The number of esters is 1. The van der Waals surface area contributed by atoms with Gasteiger partial charge in [0.05, 0.1) is 23.0 Å². The van der Waals surface area contributed by atoms with E-state index in [4.69, 9.17) is 17.0 Å². The van der Waals surface area contributed by atoms with E-state index >= 15 is 0 Å². The van der Waals surface area contributed by atoms with E-state index < -0.39 is 0 Å². The van der Waals surface area contributed by atoms with Gasteiger partial charge in [0.2, 0.25) is 0 Å². The van der Waals surface area contributed by atoms with Crippen LogP contribution in [0.2, 0.25) is 0 Å². The molecule has 0 bridgehead atoms. The zero-order valence-electron chi connectivity index (χ0n) is 20.5. The number of carbonyl (C=O) groups excluding carboxylic acids is 2. The van der Waals surface area contributed by atoms with E-state index in [0.717, 1.165) is 42.3 Å². The van der Waals surface area contributed by atoms with Crippen LogP contribution in [0.25, 0.3) is 5.82 Å². The maximum absolute atomic E-state index is 13.0. The summed E-state index contributed by atoms with van der Waals surface area (Å²) in [6.07, 6.45) is 3.40. The Hall–Kier alpha value is -3.38. The van der Waals surface area contributed by atoms with Crippen molar-refractivity contribution in [1.29, 1.82) is 0 Å². The predicted octanol–water partition coefficient (Wildman–Crippen LogP) is 3.21. The molecule has 0 radical (unpaired) electrons. The molecule has 0 spiro atoms. The molecule has 1 saturated heterocycles. The summed E-state index contributed by atoms with van der Waals surface area (Å²) in [7, 11) is 0. The van der Waals surface area contributed by atoms with Crippen molar-refractivity contribution in [2.75, 3.05) is 31.6 Å². The number of pyridine rings is 1. The number of thiazole rings is 1. The van der Waals surface area contributed by atoms with Gasteiger partial charge in [-0.15, -0.1) is 11.3 Å². The third kappa shape index (κ3) is 6.05. The molecule has 190 valence electrons. The molecule has 10 nitrogen and oxygen atoms in total. The zero-order valence-corrected chi connectivity index (χ0v) is 22.1. The minimum absolute atomic E-state index is 0.0653. The molecule has 12 heteroatoms. The Labute approximate surface area is 219 Å². The monoisotopic (exact) mass is 527 g/mol. The van der Waals surface area contributed by atoms with Crippen molar-refractivity contribution >= 4 is 46.2 Å². The molecular formula is C24H29N7O3S2. The van der Waals surface area contributed by atoms with Crippen molar-refractivity contribution < 1.29 is 14.3 Å². The Morgan fingerprint density at radius 1 is 1.28 bits per heavy atom. The van der Waals surface area contributed by atoms with Gasteiger partial charge in [-0.3, -0.25) is 9.59 Å². The number of amides is 1. The minimum atomic E-state index is -0.323. The van der Waals surface area contributed by atoms with Crippen LogP contribution in [0.3, 0.4) is 0 Å². The summed E-state index contributed by atoms with van der Waals surface area (Å²) >= 11 is 6.91. The SMILES string of the molecule is CCOC(=O)CNC(=S)N1CCC(c2nc(C(=O)Nc3cccnc3-n3nc(C)cc3C)cs2)CC1. The first kappa shape index (κ1) is 25.7. The molecular weight excluding hydrogens is 498 g/mol. The molecule has 2 N–H and O–H groups in total. The Morgan fingerprint density at radius 2 is 2.06 bits per heavy atom. The lowest BCUT2D eigenvalue weighted by molar-refractivity contribution is -0.141. The lowest BCUT2D eigenvalue weighted by Gasteiger charge is -2.33. The fraction of sp³-hybridized carbons (Fsp3) is 0.417. The zero-order chi connectivity index (χ0) is 25.7. The number of carbonyl (C=O) groups is 2. The van der Waals surface area contributed by atoms with Crippen LogP contribution in [0, 0.1) is 13.8 Å². The second kappa shape index (κ2) is 11.6. The Balaban J connectivity index is 1.35. The number of nitrogens with zero attached hydrogens (tertiary/aromatic N) is 5. The van der Waals surface area contributed by atoms with Gasteiger partial charge in [0, 0.05) is 36.3 Å². The Morgan fingerprint density at radius 3 is 2.75 bits per heavy atom. The van der Waals surface area contributed by atoms with Gasteiger partial charge < -0.3 is 20.3 Å². The second-order valence-electron chi connectivity index (χ2n) is 8.46. The number of aryl methyl sites for hydroxylation is 2. The van der Waals surface area contributed by atoms with Gasteiger partial charge in [0.25, 0.3) is 5.91 Å². The van der Waals surface area contributed by atoms with Crippen LogP contribution in [-0.2, 0) is 9.53 Å². The average Bonchev–Trinajstić information content (AvgIpc) is 3.49. The molecule has 36 heavy (non-hydrogen) atoms. The number of hydrogen-bond donors (Lipinski definition) is 2. The number of hydrogen-bond acceptors (Lipinski definition) is 8. The summed E-state index contributed by atoms with van der Waals surface area (Å²) in [5, 5.41) is 13.7. The van der Waals surface area contributed by atoms with E-state index in [-0.39, 0.29) is 24.3 Å². The fourth-order valence-corrected chi connectivity index (χ4v) is 5.30. The number of anilines is 1. The fourth-order valence-electron chi connectivity index (χ4n) is 4.07. The number of nitrogens with one attached hydrogen (secondary N) is 2. The first-order valence-corrected chi connectivity index (χ1v) is 13.1. The Bertz CT molecular complexity index is 1250. The maximum Gasteiger partial charge on any atom is 0.325 e.